The minimum Gasteiger partial charge on any atom is -0.464 e. The van der Waals surface area contributed by atoms with Gasteiger partial charge in [0.25, 0.3) is 5.91 Å². The van der Waals surface area contributed by atoms with Crippen molar-refractivity contribution in [2.24, 2.45) is 17.8 Å². The molecule has 2 amide bonds. The lowest BCUT2D eigenvalue weighted by Gasteiger charge is -2.31. The monoisotopic (exact) mass is 547 g/mol. The lowest BCUT2D eigenvalue weighted by molar-refractivity contribution is -0.162. The van der Waals surface area contributed by atoms with E-state index in [0.29, 0.717) is 26.0 Å². The van der Waals surface area contributed by atoms with E-state index < -0.39 is 48.2 Å². The van der Waals surface area contributed by atoms with Gasteiger partial charge in [0.05, 0.1) is 25.2 Å². The highest BCUT2D eigenvalue weighted by molar-refractivity contribution is 6.13. The van der Waals surface area contributed by atoms with Gasteiger partial charge in [0, 0.05) is 6.54 Å². The highest BCUT2D eigenvalue weighted by Gasteiger charge is 2.40. The molecule has 1 rings (SSSR count). The summed E-state index contributed by atoms with van der Waals surface area (Å²) in [6, 6.07) is -2.12. The molecule has 3 N–H and O–H groups in total. The Hall–Kier alpha value is -1.91. The van der Waals surface area contributed by atoms with Crippen LogP contribution in [0.5, 0.6) is 0 Å². The number of unbranched alkanes of at least 4 members (excludes halogenated alkanes) is 1. The first-order valence-electron chi connectivity index (χ1n) is 13.4. The molecule has 0 aliphatic carbocycles. The zero-order valence-electron chi connectivity index (χ0n) is 23.3. The molecule has 0 spiro atoms. The molecule has 214 valence electrons. The van der Waals surface area contributed by atoms with Crippen molar-refractivity contribution in [3.63, 3.8) is 0 Å². The normalized spacial score (nSPS) is 19.0. The topological polar surface area (TPSA) is 134 Å². The number of hydrogen-bond donors (Lipinski definition) is 3. The quantitative estimate of drug-likeness (QED) is 0.162. The van der Waals surface area contributed by atoms with Crippen molar-refractivity contribution in [1.29, 1.82) is 0 Å². The highest BCUT2D eigenvalue weighted by atomic mass is 35.5. The summed E-state index contributed by atoms with van der Waals surface area (Å²) in [5.41, 5.74) is 0. The van der Waals surface area contributed by atoms with Crippen molar-refractivity contribution >= 4 is 35.5 Å². The first-order chi connectivity index (χ1) is 17.3. The molecule has 0 aromatic heterocycles. The number of nitrogens with zero attached hydrogens (tertiary/aromatic N) is 1. The predicted molar refractivity (Wildman–Crippen MR) is 140 cm³/mol. The largest absolute Gasteiger partial charge is 0.464 e. The number of carbonyl (C=O) groups is 4. The maximum absolute atomic E-state index is 13.4. The Balaban J connectivity index is 2.91. The van der Waals surface area contributed by atoms with Crippen LogP contribution in [0.15, 0.2) is 0 Å². The van der Waals surface area contributed by atoms with Crippen LogP contribution in [0.1, 0.15) is 80.6 Å². The second-order valence-corrected chi connectivity index (χ2v) is 11.0. The Kier molecular flexibility index (Phi) is 14.4. The average Bonchev–Trinajstić information content (AvgIpc) is 3.30. The van der Waals surface area contributed by atoms with Gasteiger partial charge >= 0.3 is 11.9 Å². The molecule has 11 heteroatoms. The van der Waals surface area contributed by atoms with E-state index in [0.717, 1.165) is 12.8 Å². The maximum atomic E-state index is 13.4. The number of aliphatic hydroxyl groups is 1. The van der Waals surface area contributed by atoms with Crippen LogP contribution in [0.3, 0.4) is 0 Å². The van der Waals surface area contributed by atoms with Gasteiger partial charge < -0.3 is 24.8 Å². The number of carbonyl (C=O) groups excluding carboxylic acids is 4. The number of nitrogens with one attached hydrogen (secondary N) is 2. The van der Waals surface area contributed by atoms with E-state index in [1.54, 1.807) is 27.7 Å². The molecule has 1 heterocycles. The van der Waals surface area contributed by atoms with Crippen LogP contribution in [0.4, 0.5) is 0 Å². The van der Waals surface area contributed by atoms with Crippen LogP contribution in [0, 0.1) is 17.8 Å². The number of rotatable bonds is 15. The Bertz CT molecular complexity index is 762. The summed E-state index contributed by atoms with van der Waals surface area (Å²) >= 11 is 5.69. The molecule has 1 saturated heterocycles. The van der Waals surface area contributed by atoms with Crippen LogP contribution in [-0.2, 0) is 28.7 Å². The van der Waals surface area contributed by atoms with Crippen LogP contribution >= 0.6 is 11.8 Å². The molecular weight excluding hydrogens is 502 g/mol. The maximum Gasteiger partial charge on any atom is 0.328 e. The van der Waals surface area contributed by atoms with E-state index in [-0.39, 0.29) is 30.1 Å². The second kappa shape index (κ2) is 16.1. The van der Waals surface area contributed by atoms with E-state index in [1.165, 1.54) is 4.90 Å². The molecule has 1 aliphatic heterocycles. The minimum atomic E-state index is -1.16. The second-order valence-electron chi connectivity index (χ2n) is 10.7. The Morgan fingerprint density at radius 1 is 1.05 bits per heavy atom. The van der Waals surface area contributed by atoms with Crippen molar-refractivity contribution < 1.29 is 33.8 Å². The smallest absolute Gasteiger partial charge is 0.328 e. The third-order valence-corrected chi connectivity index (χ3v) is 6.79. The molecule has 1 unspecified atom stereocenters. The number of amides is 2. The van der Waals surface area contributed by atoms with E-state index in [4.69, 9.17) is 21.3 Å². The molecule has 5 atom stereocenters. The van der Waals surface area contributed by atoms with Crippen LogP contribution < -0.4 is 10.2 Å². The Labute approximate surface area is 226 Å². The average molecular weight is 548 g/mol. The van der Waals surface area contributed by atoms with Crippen molar-refractivity contribution in [3.8, 4) is 0 Å². The zero-order chi connectivity index (χ0) is 28.3. The van der Waals surface area contributed by atoms with Crippen molar-refractivity contribution in [2.75, 3.05) is 13.2 Å². The molecular formula is C26H46ClN3O7. The molecule has 0 radical (unpaired) electrons. The van der Waals surface area contributed by atoms with Gasteiger partial charge in [-0.2, -0.15) is 0 Å². The number of hydrogen-bond acceptors (Lipinski definition) is 8. The van der Waals surface area contributed by atoms with Crippen LogP contribution in [0.25, 0.3) is 0 Å². The third-order valence-electron chi connectivity index (χ3n) is 6.54. The molecule has 10 nitrogen and oxygen atoms in total. The van der Waals surface area contributed by atoms with Gasteiger partial charge in [0.15, 0.2) is 6.10 Å². The van der Waals surface area contributed by atoms with Crippen molar-refractivity contribution in [3.05, 3.63) is 0 Å². The summed E-state index contributed by atoms with van der Waals surface area (Å²) < 4.78 is 10.8. The molecule has 1 fully saturated rings. The fraction of sp³-hybridized carbons (Fsp3) is 0.846. The van der Waals surface area contributed by atoms with Gasteiger partial charge in [-0.25, -0.2) is 9.63 Å². The first kappa shape index (κ1) is 33.1. The van der Waals surface area contributed by atoms with Crippen molar-refractivity contribution in [1.82, 2.24) is 15.1 Å². The number of ether oxygens (including phenoxy) is 2. The summed E-state index contributed by atoms with van der Waals surface area (Å²) in [7, 11) is 0. The summed E-state index contributed by atoms with van der Waals surface area (Å²) in [6.07, 6.45) is 0.216. The molecule has 0 saturated carbocycles. The molecule has 0 aromatic rings. The Morgan fingerprint density at radius 3 is 2.22 bits per heavy atom. The van der Waals surface area contributed by atoms with E-state index in [2.05, 4.69) is 10.2 Å². The minimum absolute atomic E-state index is 0.0411. The van der Waals surface area contributed by atoms with Gasteiger partial charge in [-0.1, -0.05) is 54.9 Å². The van der Waals surface area contributed by atoms with Crippen LogP contribution in [-0.4, -0.2) is 77.2 Å². The van der Waals surface area contributed by atoms with Gasteiger partial charge in [-0.05, 0) is 48.8 Å². The molecule has 1 aliphatic rings. The van der Waals surface area contributed by atoms with E-state index in [1.807, 2.05) is 20.8 Å². The summed E-state index contributed by atoms with van der Waals surface area (Å²) in [6.45, 7) is 13.4. The fourth-order valence-electron chi connectivity index (χ4n) is 4.24. The lowest BCUT2D eigenvalue weighted by atomic mass is 9.97. The first-order valence-corrected chi connectivity index (χ1v) is 13.7. The van der Waals surface area contributed by atoms with E-state index >= 15 is 0 Å². The summed E-state index contributed by atoms with van der Waals surface area (Å²) in [5, 5.41) is 13.1. The van der Waals surface area contributed by atoms with Gasteiger partial charge in [-0.15, -0.1) is 0 Å². The highest BCUT2D eigenvalue weighted by Crippen LogP contribution is 2.22. The zero-order valence-corrected chi connectivity index (χ0v) is 24.0. The lowest BCUT2D eigenvalue weighted by Crippen LogP contribution is -2.56. The van der Waals surface area contributed by atoms with Crippen LogP contribution in [0.2, 0.25) is 0 Å². The SMILES string of the molecule is CCCCOC(=O)[C@@H]1CCCN1C(=O)C(NC(=O)[C@@H](OC(=O)C[C@H](O)[C@H](NCl)C(C)C)C(C)C)C(C)C. The van der Waals surface area contributed by atoms with E-state index in [9.17, 15) is 24.3 Å². The summed E-state index contributed by atoms with van der Waals surface area (Å²) in [4.78, 5) is 55.7. The third kappa shape index (κ3) is 10.1. The summed E-state index contributed by atoms with van der Waals surface area (Å²) in [5.74, 6) is -2.85. The number of esters is 2. The van der Waals surface area contributed by atoms with Crippen molar-refractivity contribution in [2.45, 2.75) is 111 Å². The molecule has 37 heavy (non-hydrogen) atoms. The predicted octanol–water partition coefficient (Wildman–Crippen LogP) is 2.55. The Morgan fingerprint density at radius 2 is 1.70 bits per heavy atom. The van der Waals surface area contributed by atoms with Gasteiger partial charge in [-0.3, -0.25) is 14.4 Å². The number of aliphatic hydroxyl groups excluding tert-OH is 1. The van der Waals surface area contributed by atoms with Gasteiger partial charge in [0.2, 0.25) is 5.91 Å². The molecule has 0 aromatic carbocycles. The van der Waals surface area contributed by atoms with Gasteiger partial charge in [0.1, 0.15) is 12.1 Å². The fourth-order valence-corrected chi connectivity index (χ4v) is 4.64. The standard InChI is InChI=1S/C26H46ClN3O7/c1-8-9-13-36-26(35)18-11-10-12-30(18)25(34)22(16(4)5)28-24(33)23(17(6)7)37-20(32)14-19(31)21(29-27)15(2)3/h15-19,21-23,29,31H,8-14H2,1-7H3,(H,28,33)/t18-,19-,21+,22?,23-/m0/s1. The number of likely N-dealkylation sites (tertiary alicyclic amines) is 1. The number of halogens is 1. The molecule has 0 bridgehead atoms.